The summed E-state index contributed by atoms with van der Waals surface area (Å²) in [6.45, 7) is 3.15. The molecule has 1 N–H and O–H groups in total. The summed E-state index contributed by atoms with van der Waals surface area (Å²) < 4.78 is 0. The van der Waals surface area contributed by atoms with E-state index in [9.17, 15) is 4.79 Å². The minimum Gasteiger partial charge on any atom is -0.345 e. The first kappa shape index (κ1) is 16.6. The van der Waals surface area contributed by atoms with E-state index < -0.39 is 0 Å². The molecule has 0 unspecified atom stereocenters. The number of aromatic nitrogens is 3. The third kappa shape index (κ3) is 4.17. The largest absolute Gasteiger partial charge is 0.345 e. The molecular weight excluding hydrogens is 314 g/mol. The molecule has 0 saturated heterocycles. The molecule has 126 valence electrons. The molecular formula is C19H19N5O. The summed E-state index contributed by atoms with van der Waals surface area (Å²) in [4.78, 5) is 18.4. The van der Waals surface area contributed by atoms with Gasteiger partial charge in [0.25, 0.3) is 5.91 Å². The third-order valence-corrected chi connectivity index (χ3v) is 3.70. The molecule has 0 aliphatic carbocycles. The maximum atomic E-state index is 12.2. The van der Waals surface area contributed by atoms with E-state index in [1.807, 2.05) is 60.4 Å². The second-order valence-electron chi connectivity index (χ2n) is 5.36. The molecule has 3 rings (SSSR count). The van der Waals surface area contributed by atoms with Crippen molar-refractivity contribution in [1.82, 2.24) is 20.5 Å². The minimum atomic E-state index is -0.271. The number of amides is 1. The molecule has 0 aliphatic heterocycles. The van der Waals surface area contributed by atoms with Crippen LogP contribution in [0.15, 0.2) is 66.9 Å². The predicted octanol–water partition coefficient (Wildman–Crippen LogP) is 2.96. The van der Waals surface area contributed by atoms with Gasteiger partial charge in [-0.25, -0.2) is 0 Å². The van der Waals surface area contributed by atoms with Crippen molar-refractivity contribution in [3.05, 3.63) is 78.2 Å². The SMILES string of the molecule is CCN(c1ccccc1)c1ccc(C(=O)NCc2ccccn2)nn1. The van der Waals surface area contributed by atoms with E-state index in [4.69, 9.17) is 0 Å². The van der Waals surface area contributed by atoms with Crippen LogP contribution in [0.2, 0.25) is 0 Å². The maximum absolute atomic E-state index is 12.2. The van der Waals surface area contributed by atoms with Crippen molar-refractivity contribution in [2.24, 2.45) is 0 Å². The van der Waals surface area contributed by atoms with Crippen LogP contribution in [0.3, 0.4) is 0 Å². The Labute approximate surface area is 146 Å². The highest BCUT2D eigenvalue weighted by molar-refractivity contribution is 5.92. The summed E-state index contributed by atoms with van der Waals surface area (Å²) in [5.41, 5.74) is 2.11. The first-order chi connectivity index (χ1) is 12.3. The molecule has 0 aliphatic rings. The van der Waals surface area contributed by atoms with Crippen molar-refractivity contribution in [2.75, 3.05) is 11.4 Å². The molecule has 6 nitrogen and oxygen atoms in total. The Kier molecular flexibility index (Phi) is 5.31. The van der Waals surface area contributed by atoms with Gasteiger partial charge in [0.05, 0.1) is 12.2 Å². The number of hydrogen-bond acceptors (Lipinski definition) is 5. The number of rotatable bonds is 6. The molecule has 1 amide bonds. The predicted molar refractivity (Wildman–Crippen MR) is 96.6 cm³/mol. The number of nitrogens with one attached hydrogen (secondary N) is 1. The maximum Gasteiger partial charge on any atom is 0.272 e. The molecule has 0 fully saturated rings. The van der Waals surface area contributed by atoms with E-state index >= 15 is 0 Å². The van der Waals surface area contributed by atoms with Crippen LogP contribution in [-0.2, 0) is 6.54 Å². The lowest BCUT2D eigenvalue weighted by molar-refractivity contribution is 0.0944. The number of pyridine rings is 1. The molecule has 0 saturated carbocycles. The molecule has 2 aromatic heterocycles. The average molecular weight is 333 g/mol. The zero-order valence-electron chi connectivity index (χ0n) is 14.0. The van der Waals surface area contributed by atoms with Gasteiger partial charge in [-0.1, -0.05) is 24.3 Å². The van der Waals surface area contributed by atoms with Gasteiger partial charge in [-0.2, -0.15) is 0 Å². The number of hydrogen-bond donors (Lipinski definition) is 1. The summed E-state index contributed by atoms with van der Waals surface area (Å²) in [5, 5.41) is 11.1. The first-order valence-electron chi connectivity index (χ1n) is 8.12. The van der Waals surface area contributed by atoms with E-state index in [-0.39, 0.29) is 11.6 Å². The lowest BCUT2D eigenvalue weighted by atomic mass is 10.2. The summed E-state index contributed by atoms with van der Waals surface area (Å²) in [7, 11) is 0. The molecule has 0 bridgehead atoms. The lowest BCUT2D eigenvalue weighted by Crippen LogP contribution is -2.25. The van der Waals surface area contributed by atoms with E-state index in [2.05, 4.69) is 20.5 Å². The highest BCUT2D eigenvalue weighted by Crippen LogP contribution is 2.22. The van der Waals surface area contributed by atoms with E-state index in [0.29, 0.717) is 12.4 Å². The molecule has 0 spiro atoms. The van der Waals surface area contributed by atoms with Crippen LogP contribution < -0.4 is 10.2 Å². The molecule has 25 heavy (non-hydrogen) atoms. The first-order valence-corrected chi connectivity index (χ1v) is 8.12. The highest BCUT2D eigenvalue weighted by atomic mass is 16.1. The lowest BCUT2D eigenvalue weighted by Gasteiger charge is -2.21. The monoisotopic (exact) mass is 333 g/mol. The molecule has 0 atom stereocenters. The van der Waals surface area contributed by atoms with Gasteiger partial charge in [0.15, 0.2) is 11.5 Å². The van der Waals surface area contributed by atoms with Gasteiger partial charge in [0.2, 0.25) is 0 Å². The van der Waals surface area contributed by atoms with Gasteiger partial charge in [0, 0.05) is 18.4 Å². The standard InChI is InChI=1S/C19H19N5O/c1-2-24(16-9-4-3-5-10-16)18-12-11-17(22-23-18)19(25)21-14-15-8-6-7-13-20-15/h3-13H,2,14H2,1H3,(H,21,25). The number of para-hydroxylation sites is 1. The van der Waals surface area contributed by atoms with Crippen LogP contribution in [0.1, 0.15) is 23.1 Å². The Morgan fingerprint density at radius 3 is 2.44 bits per heavy atom. The van der Waals surface area contributed by atoms with Crippen LogP contribution in [0.5, 0.6) is 0 Å². The summed E-state index contributed by atoms with van der Waals surface area (Å²) >= 11 is 0. The van der Waals surface area contributed by atoms with Gasteiger partial charge in [-0.15, -0.1) is 10.2 Å². The molecule has 2 heterocycles. The number of carbonyl (C=O) groups excluding carboxylic acids is 1. The van der Waals surface area contributed by atoms with Crippen molar-refractivity contribution in [3.63, 3.8) is 0 Å². The normalized spacial score (nSPS) is 10.3. The van der Waals surface area contributed by atoms with Gasteiger partial charge in [-0.3, -0.25) is 9.78 Å². The fourth-order valence-electron chi connectivity index (χ4n) is 2.44. The topological polar surface area (TPSA) is 71.0 Å². The fourth-order valence-corrected chi connectivity index (χ4v) is 2.44. The molecule has 1 aromatic carbocycles. The zero-order chi connectivity index (χ0) is 17.5. The van der Waals surface area contributed by atoms with Gasteiger partial charge in [-0.05, 0) is 43.3 Å². The summed E-state index contributed by atoms with van der Waals surface area (Å²) in [5.74, 6) is 0.433. The van der Waals surface area contributed by atoms with E-state index in [1.54, 1.807) is 18.3 Å². The molecule has 6 heteroatoms. The van der Waals surface area contributed by atoms with E-state index in [1.165, 1.54) is 0 Å². The van der Waals surface area contributed by atoms with Crippen LogP contribution in [0.25, 0.3) is 0 Å². The highest BCUT2D eigenvalue weighted by Gasteiger charge is 2.12. The minimum absolute atomic E-state index is 0.271. The van der Waals surface area contributed by atoms with Crippen LogP contribution in [0.4, 0.5) is 11.5 Å². The quantitative estimate of drug-likeness (QED) is 0.751. The third-order valence-electron chi connectivity index (χ3n) is 3.70. The Bertz CT molecular complexity index is 806. The summed E-state index contributed by atoms with van der Waals surface area (Å²) in [6.07, 6.45) is 1.69. The molecule has 3 aromatic rings. The molecule has 0 radical (unpaired) electrons. The van der Waals surface area contributed by atoms with Crippen molar-refractivity contribution in [3.8, 4) is 0 Å². The fraction of sp³-hybridized carbons (Fsp3) is 0.158. The van der Waals surface area contributed by atoms with Crippen molar-refractivity contribution >= 4 is 17.4 Å². The number of carbonyl (C=O) groups is 1. The van der Waals surface area contributed by atoms with Crippen LogP contribution >= 0.6 is 0 Å². The Balaban J connectivity index is 1.68. The Morgan fingerprint density at radius 1 is 1.00 bits per heavy atom. The van der Waals surface area contributed by atoms with Crippen LogP contribution in [0, 0.1) is 0 Å². The number of anilines is 2. The van der Waals surface area contributed by atoms with E-state index in [0.717, 1.165) is 17.9 Å². The number of benzene rings is 1. The van der Waals surface area contributed by atoms with Crippen molar-refractivity contribution < 1.29 is 4.79 Å². The average Bonchev–Trinajstić information content (AvgIpc) is 2.69. The van der Waals surface area contributed by atoms with Gasteiger partial charge in [0.1, 0.15) is 0 Å². The Hall–Kier alpha value is -3.28. The van der Waals surface area contributed by atoms with Gasteiger partial charge >= 0.3 is 0 Å². The second kappa shape index (κ2) is 8.01. The number of nitrogens with zero attached hydrogens (tertiary/aromatic N) is 4. The van der Waals surface area contributed by atoms with Crippen LogP contribution in [-0.4, -0.2) is 27.6 Å². The summed E-state index contributed by atoms with van der Waals surface area (Å²) in [6, 6.07) is 19.0. The van der Waals surface area contributed by atoms with Gasteiger partial charge < -0.3 is 10.2 Å². The van der Waals surface area contributed by atoms with Crippen molar-refractivity contribution in [2.45, 2.75) is 13.5 Å². The smallest absolute Gasteiger partial charge is 0.272 e. The zero-order valence-corrected chi connectivity index (χ0v) is 14.0. The second-order valence-corrected chi connectivity index (χ2v) is 5.36. The van der Waals surface area contributed by atoms with Crippen molar-refractivity contribution in [1.29, 1.82) is 0 Å². The Morgan fingerprint density at radius 2 is 1.80 bits per heavy atom.